The first kappa shape index (κ1) is 17.1. The van der Waals surface area contributed by atoms with E-state index in [1.54, 1.807) is 0 Å². The molecule has 1 N–H and O–H groups in total. The zero-order chi connectivity index (χ0) is 17.1. The van der Waals surface area contributed by atoms with Gasteiger partial charge in [-0.3, -0.25) is 9.80 Å². The highest BCUT2D eigenvalue weighted by Crippen LogP contribution is 2.18. The normalized spacial score (nSPS) is 21.1. The second-order valence-electron chi connectivity index (χ2n) is 6.81. The third-order valence-corrected chi connectivity index (χ3v) is 4.48. The van der Waals surface area contributed by atoms with Crippen LogP contribution < -0.4 is 0 Å². The molecule has 0 saturated carbocycles. The summed E-state index contributed by atoms with van der Waals surface area (Å²) >= 11 is 0. The van der Waals surface area contributed by atoms with Crippen LogP contribution in [0.25, 0.3) is 11.4 Å². The van der Waals surface area contributed by atoms with Gasteiger partial charge in [0.15, 0.2) is 0 Å². The number of aliphatic hydroxyl groups is 1. The van der Waals surface area contributed by atoms with Crippen LogP contribution in [-0.4, -0.2) is 63.4 Å². The summed E-state index contributed by atoms with van der Waals surface area (Å²) in [6, 6.07) is 8.54. The third kappa shape index (κ3) is 4.20. The summed E-state index contributed by atoms with van der Waals surface area (Å²) in [5.41, 5.74) is 2.19. The Bertz CT molecular complexity index is 653. The van der Waals surface area contributed by atoms with Gasteiger partial charge in [0.05, 0.1) is 12.6 Å². The van der Waals surface area contributed by atoms with Crippen molar-refractivity contribution in [2.75, 3.05) is 26.2 Å². The number of rotatable bonds is 5. The maximum Gasteiger partial charge on any atom is 0.241 e. The average Bonchev–Trinajstić information content (AvgIpc) is 2.99. The van der Waals surface area contributed by atoms with Gasteiger partial charge < -0.3 is 9.63 Å². The summed E-state index contributed by atoms with van der Waals surface area (Å²) in [5, 5.41) is 13.7. The highest BCUT2D eigenvalue weighted by Gasteiger charge is 2.25. The molecule has 2 heterocycles. The van der Waals surface area contributed by atoms with E-state index in [0.29, 0.717) is 24.3 Å². The van der Waals surface area contributed by atoms with Gasteiger partial charge in [0.2, 0.25) is 11.7 Å². The second kappa shape index (κ2) is 7.42. The van der Waals surface area contributed by atoms with E-state index in [4.69, 9.17) is 4.52 Å². The number of hydrogen-bond acceptors (Lipinski definition) is 6. The maximum absolute atomic E-state index is 9.56. The minimum absolute atomic E-state index is 0.285. The van der Waals surface area contributed by atoms with E-state index in [1.807, 2.05) is 19.1 Å². The Morgan fingerprint density at radius 3 is 2.71 bits per heavy atom. The molecule has 24 heavy (non-hydrogen) atoms. The summed E-state index contributed by atoms with van der Waals surface area (Å²) in [4.78, 5) is 9.18. The zero-order valence-electron chi connectivity index (χ0n) is 14.6. The van der Waals surface area contributed by atoms with Crippen molar-refractivity contribution >= 4 is 0 Å². The molecule has 0 aliphatic carbocycles. The molecular weight excluding hydrogens is 304 g/mol. The van der Waals surface area contributed by atoms with Crippen molar-refractivity contribution < 1.29 is 9.63 Å². The predicted octanol–water partition coefficient (Wildman–Crippen LogP) is 1.93. The van der Waals surface area contributed by atoms with Crippen molar-refractivity contribution in [3.63, 3.8) is 0 Å². The summed E-state index contributed by atoms with van der Waals surface area (Å²) in [5.74, 6) is 1.30. The third-order valence-electron chi connectivity index (χ3n) is 4.48. The van der Waals surface area contributed by atoms with E-state index in [1.165, 1.54) is 5.56 Å². The van der Waals surface area contributed by atoms with E-state index in [0.717, 1.165) is 31.7 Å². The molecule has 1 aromatic heterocycles. The molecule has 1 aromatic carbocycles. The lowest BCUT2D eigenvalue weighted by Gasteiger charge is -2.39. The summed E-state index contributed by atoms with van der Waals surface area (Å²) < 4.78 is 5.42. The Hall–Kier alpha value is -1.76. The van der Waals surface area contributed by atoms with Gasteiger partial charge >= 0.3 is 0 Å². The fourth-order valence-electron chi connectivity index (χ4n) is 3.16. The molecular formula is C18H26N4O2. The molecule has 0 radical (unpaired) electrons. The first-order chi connectivity index (χ1) is 11.5. The summed E-state index contributed by atoms with van der Waals surface area (Å²) in [6.45, 7) is 10.3. The Morgan fingerprint density at radius 2 is 2.04 bits per heavy atom. The lowest BCUT2D eigenvalue weighted by Crippen LogP contribution is -2.53. The van der Waals surface area contributed by atoms with Gasteiger partial charge in [0.25, 0.3) is 0 Å². The average molecular weight is 330 g/mol. The van der Waals surface area contributed by atoms with Gasteiger partial charge in [0.1, 0.15) is 0 Å². The van der Waals surface area contributed by atoms with E-state index in [9.17, 15) is 5.11 Å². The van der Waals surface area contributed by atoms with Gasteiger partial charge in [-0.1, -0.05) is 35.0 Å². The number of benzene rings is 1. The summed E-state index contributed by atoms with van der Waals surface area (Å²) in [6.07, 6.45) is -0.285. The van der Waals surface area contributed by atoms with Crippen LogP contribution in [0.5, 0.6) is 0 Å². The minimum Gasteiger partial charge on any atom is -0.392 e. The van der Waals surface area contributed by atoms with Crippen LogP contribution in [0.2, 0.25) is 0 Å². The molecule has 6 heteroatoms. The first-order valence-corrected chi connectivity index (χ1v) is 8.55. The number of aryl methyl sites for hydroxylation is 1. The molecule has 1 saturated heterocycles. The molecule has 1 aliphatic heterocycles. The smallest absolute Gasteiger partial charge is 0.241 e. The molecule has 0 spiro atoms. The van der Waals surface area contributed by atoms with E-state index in [-0.39, 0.29) is 6.10 Å². The summed E-state index contributed by atoms with van der Waals surface area (Å²) in [7, 11) is 0. The molecule has 2 atom stereocenters. The number of hydrogen-bond donors (Lipinski definition) is 1. The van der Waals surface area contributed by atoms with Crippen molar-refractivity contribution in [1.29, 1.82) is 0 Å². The fraction of sp³-hybridized carbons (Fsp3) is 0.556. The van der Waals surface area contributed by atoms with Crippen LogP contribution in [0.15, 0.2) is 28.8 Å². The molecule has 130 valence electrons. The van der Waals surface area contributed by atoms with E-state index >= 15 is 0 Å². The first-order valence-electron chi connectivity index (χ1n) is 8.55. The molecule has 0 amide bonds. The molecule has 2 aromatic rings. The molecule has 1 fully saturated rings. The van der Waals surface area contributed by atoms with Gasteiger partial charge in [-0.2, -0.15) is 4.98 Å². The molecule has 0 unspecified atom stereocenters. The number of aliphatic hydroxyl groups excluding tert-OH is 1. The van der Waals surface area contributed by atoms with E-state index in [2.05, 4.69) is 45.9 Å². The highest BCUT2D eigenvalue weighted by atomic mass is 16.5. The highest BCUT2D eigenvalue weighted by molar-refractivity contribution is 5.54. The predicted molar refractivity (Wildman–Crippen MR) is 92.5 cm³/mol. The number of aromatic nitrogens is 2. The Labute approximate surface area is 143 Å². The van der Waals surface area contributed by atoms with Crippen LogP contribution >= 0.6 is 0 Å². The lowest BCUT2D eigenvalue weighted by atomic mass is 10.1. The SMILES string of the molecule is Cc1ccc(-c2noc(CN3CCN(C[C@@H](C)O)[C@H](C)C3)n2)cc1. The van der Waals surface area contributed by atoms with Crippen molar-refractivity contribution in [3.05, 3.63) is 35.7 Å². The zero-order valence-corrected chi connectivity index (χ0v) is 14.6. The van der Waals surface area contributed by atoms with Crippen molar-refractivity contribution in [2.45, 2.75) is 39.5 Å². The Kier molecular flexibility index (Phi) is 5.28. The quantitative estimate of drug-likeness (QED) is 0.904. The van der Waals surface area contributed by atoms with Crippen LogP contribution in [0, 0.1) is 6.92 Å². The van der Waals surface area contributed by atoms with Crippen LogP contribution in [-0.2, 0) is 6.54 Å². The molecule has 1 aliphatic rings. The number of piperazine rings is 1. The standard InChI is InChI=1S/C18H26N4O2/c1-13-4-6-16(7-5-13)18-19-17(24-20-18)12-21-8-9-22(11-15(3)23)14(2)10-21/h4-7,14-15,23H,8-12H2,1-3H3/t14-,15-/m1/s1. The van der Waals surface area contributed by atoms with Gasteiger partial charge in [-0.25, -0.2) is 0 Å². The number of nitrogens with zero attached hydrogens (tertiary/aromatic N) is 4. The monoisotopic (exact) mass is 330 g/mol. The van der Waals surface area contributed by atoms with Crippen LogP contribution in [0.4, 0.5) is 0 Å². The second-order valence-corrected chi connectivity index (χ2v) is 6.81. The van der Waals surface area contributed by atoms with Crippen LogP contribution in [0.3, 0.4) is 0 Å². The Morgan fingerprint density at radius 1 is 1.29 bits per heavy atom. The fourth-order valence-corrected chi connectivity index (χ4v) is 3.16. The lowest BCUT2D eigenvalue weighted by molar-refractivity contribution is 0.0385. The molecule has 0 bridgehead atoms. The molecule has 3 rings (SSSR count). The molecule has 6 nitrogen and oxygen atoms in total. The van der Waals surface area contributed by atoms with E-state index < -0.39 is 0 Å². The Balaban J connectivity index is 1.58. The minimum atomic E-state index is -0.285. The largest absolute Gasteiger partial charge is 0.392 e. The topological polar surface area (TPSA) is 65.6 Å². The van der Waals surface area contributed by atoms with Crippen molar-refractivity contribution in [3.8, 4) is 11.4 Å². The maximum atomic E-state index is 9.56. The van der Waals surface area contributed by atoms with Gasteiger partial charge in [-0.05, 0) is 20.8 Å². The van der Waals surface area contributed by atoms with Crippen molar-refractivity contribution in [2.24, 2.45) is 0 Å². The van der Waals surface area contributed by atoms with Crippen LogP contribution in [0.1, 0.15) is 25.3 Å². The van der Waals surface area contributed by atoms with Gasteiger partial charge in [0, 0.05) is 37.8 Å². The van der Waals surface area contributed by atoms with Gasteiger partial charge in [-0.15, -0.1) is 0 Å². The van der Waals surface area contributed by atoms with Crippen molar-refractivity contribution in [1.82, 2.24) is 19.9 Å². The number of β-amino-alcohol motifs (C(OH)–C–C–N with tert-alkyl or cyclic N) is 1.